The van der Waals surface area contributed by atoms with Crippen molar-refractivity contribution in [1.29, 1.82) is 0 Å². The second-order valence-electron chi connectivity index (χ2n) is 4.57. The summed E-state index contributed by atoms with van der Waals surface area (Å²) in [5.74, 6) is 0. The van der Waals surface area contributed by atoms with E-state index < -0.39 is 4.92 Å². The molecule has 1 aromatic carbocycles. The maximum absolute atomic E-state index is 12.4. The molecule has 0 aliphatic carbocycles. The highest BCUT2D eigenvalue weighted by atomic mass is 16.6. The minimum Gasteiger partial charge on any atom is -0.292 e. The number of pyridine rings is 1. The zero-order valence-corrected chi connectivity index (χ0v) is 11.0. The Kier molecular flexibility index (Phi) is 3.23. The number of rotatable bonds is 3. The lowest BCUT2D eigenvalue weighted by Crippen LogP contribution is -2.31. The van der Waals surface area contributed by atoms with Crippen molar-refractivity contribution in [2.45, 2.75) is 0 Å². The fourth-order valence-electron chi connectivity index (χ4n) is 2.28. The Bertz CT molecular complexity index is 672. The Morgan fingerprint density at radius 1 is 1.05 bits per heavy atom. The average Bonchev–Trinajstić information content (AvgIpc) is 2.90. The number of carbonyl (C=O) groups excluding carboxylic acids is 1. The maximum Gasteiger partial charge on any atom is 0.329 e. The molecule has 2 amide bonds. The molecule has 0 unspecified atom stereocenters. The molecule has 21 heavy (non-hydrogen) atoms. The molecule has 1 aliphatic heterocycles. The number of carbonyl (C=O) groups is 1. The van der Waals surface area contributed by atoms with Crippen molar-refractivity contribution >= 4 is 23.1 Å². The van der Waals surface area contributed by atoms with Crippen molar-refractivity contribution in [2.24, 2.45) is 0 Å². The standard InChI is InChI=1S/C14H12N4O3/c19-14-16(11-3-5-12(6-4-11)18(20)21)8-9-17(14)13-2-1-7-15-10-13/h1-7,10H,8-9H2. The van der Waals surface area contributed by atoms with Crippen molar-refractivity contribution in [1.82, 2.24) is 4.98 Å². The van der Waals surface area contributed by atoms with Crippen LogP contribution in [0.4, 0.5) is 21.9 Å². The Balaban J connectivity index is 1.82. The average molecular weight is 284 g/mol. The van der Waals surface area contributed by atoms with Gasteiger partial charge in [-0.25, -0.2) is 4.79 Å². The first-order valence-corrected chi connectivity index (χ1v) is 6.40. The van der Waals surface area contributed by atoms with E-state index in [2.05, 4.69) is 4.98 Å². The Morgan fingerprint density at radius 2 is 1.71 bits per heavy atom. The van der Waals surface area contributed by atoms with Crippen molar-refractivity contribution in [2.75, 3.05) is 22.9 Å². The highest BCUT2D eigenvalue weighted by Gasteiger charge is 2.30. The molecule has 1 saturated heterocycles. The molecule has 7 heteroatoms. The van der Waals surface area contributed by atoms with Crippen molar-refractivity contribution < 1.29 is 9.72 Å². The molecule has 1 aliphatic rings. The van der Waals surface area contributed by atoms with Crippen molar-refractivity contribution in [3.05, 3.63) is 58.9 Å². The van der Waals surface area contributed by atoms with Crippen LogP contribution in [-0.4, -0.2) is 29.0 Å². The summed E-state index contributed by atoms with van der Waals surface area (Å²) in [6, 6.07) is 9.41. The molecule has 0 radical (unpaired) electrons. The Morgan fingerprint density at radius 3 is 2.29 bits per heavy atom. The number of nitrogens with zero attached hydrogens (tertiary/aromatic N) is 4. The van der Waals surface area contributed by atoms with E-state index in [1.807, 2.05) is 6.07 Å². The van der Waals surface area contributed by atoms with Gasteiger partial charge in [0.2, 0.25) is 0 Å². The quantitative estimate of drug-likeness (QED) is 0.640. The second kappa shape index (κ2) is 5.20. The Labute approximate surface area is 120 Å². The minimum absolute atomic E-state index is 0.00881. The van der Waals surface area contributed by atoms with Gasteiger partial charge in [-0.2, -0.15) is 0 Å². The van der Waals surface area contributed by atoms with Gasteiger partial charge < -0.3 is 0 Å². The molecule has 1 fully saturated rings. The van der Waals surface area contributed by atoms with Crippen LogP contribution >= 0.6 is 0 Å². The van der Waals surface area contributed by atoms with Crippen LogP contribution in [-0.2, 0) is 0 Å². The third-order valence-corrected chi connectivity index (χ3v) is 3.34. The molecule has 7 nitrogen and oxygen atoms in total. The number of aromatic nitrogens is 1. The first kappa shape index (κ1) is 13.0. The fraction of sp³-hybridized carbons (Fsp3) is 0.143. The molecule has 0 N–H and O–H groups in total. The van der Waals surface area contributed by atoms with Crippen molar-refractivity contribution in [3.63, 3.8) is 0 Å². The van der Waals surface area contributed by atoms with E-state index in [9.17, 15) is 14.9 Å². The monoisotopic (exact) mass is 284 g/mol. The summed E-state index contributed by atoms with van der Waals surface area (Å²) in [5.41, 5.74) is 1.40. The van der Waals surface area contributed by atoms with E-state index in [1.165, 1.54) is 12.1 Å². The molecular weight excluding hydrogens is 272 g/mol. The van der Waals surface area contributed by atoms with Crippen LogP contribution in [0.3, 0.4) is 0 Å². The molecular formula is C14H12N4O3. The summed E-state index contributed by atoms with van der Waals surface area (Å²) >= 11 is 0. The smallest absolute Gasteiger partial charge is 0.292 e. The number of benzene rings is 1. The van der Waals surface area contributed by atoms with Crippen LogP contribution in [0.5, 0.6) is 0 Å². The van der Waals surface area contributed by atoms with Crippen LogP contribution < -0.4 is 9.80 Å². The topological polar surface area (TPSA) is 79.6 Å². The predicted molar refractivity (Wildman–Crippen MR) is 77.4 cm³/mol. The summed E-state index contributed by atoms with van der Waals surface area (Å²) in [5, 5.41) is 10.6. The molecule has 0 atom stereocenters. The fourth-order valence-corrected chi connectivity index (χ4v) is 2.28. The van der Waals surface area contributed by atoms with Gasteiger partial charge in [-0.3, -0.25) is 24.9 Å². The number of nitro groups is 1. The molecule has 3 rings (SSSR count). The van der Waals surface area contributed by atoms with Gasteiger partial charge in [0, 0.05) is 37.1 Å². The van der Waals surface area contributed by atoms with Gasteiger partial charge in [0.1, 0.15) is 0 Å². The second-order valence-corrected chi connectivity index (χ2v) is 4.57. The maximum atomic E-state index is 12.4. The highest BCUT2D eigenvalue weighted by molar-refractivity contribution is 6.06. The summed E-state index contributed by atoms with van der Waals surface area (Å²) in [4.78, 5) is 29.8. The molecule has 0 spiro atoms. The number of hydrogen-bond donors (Lipinski definition) is 0. The lowest BCUT2D eigenvalue weighted by molar-refractivity contribution is -0.384. The number of non-ortho nitro benzene ring substituents is 1. The van der Waals surface area contributed by atoms with E-state index >= 15 is 0 Å². The SMILES string of the molecule is O=C1N(c2ccc([N+](=O)[O-])cc2)CCN1c1cccnc1. The predicted octanol–water partition coefficient (Wildman–Crippen LogP) is 2.44. The lowest BCUT2D eigenvalue weighted by atomic mass is 10.2. The van der Waals surface area contributed by atoms with Gasteiger partial charge in [0.05, 0.1) is 16.8 Å². The summed E-state index contributed by atoms with van der Waals surface area (Å²) in [7, 11) is 0. The van der Waals surface area contributed by atoms with Crippen LogP contribution in [0.1, 0.15) is 0 Å². The van der Waals surface area contributed by atoms with Gasteiger partial charge in [-0.1, -0.05) is 0 Å². The van der Waals surface area contributed by atoms with Crippen LogP contribution in [0.2, 0.25) is 0 Å². The van der Waals surface area contributed by atoms with Gasteiger partial charge in [-0.05, 0) is 24.3 Å². The van der Waals surface area contributed by atoms with Crippen LogP contribution in [0, 0.1) is 10.1 Å². The highest BCUT2D eigenvalue weighted by Crippen LogP contribution is 2.26. The lowest BCUT2D eigenvalue weighted by Gasteiger charge is -2.18. The van der Waals surface area contributed by atoms with Gasteiger partial charge >= 0.3 is 6.03 Å². The van der Waals surface area contributed by atoms with Crippen LogP contribution in [0.25, 0.3) is 0 Å². The number of hydrogen-bond acceptors (Lipinski definition) is 4. The number of anilines is 2. The molecule has 0 bridgehead atoms. The van der Waals surface area contributed by atoms with E-state index in [0.717, 1.165) is 5.69 Å². The first-order chi connectivity index (χ1) is 10.2. The number of nitro benzene ring substituents is 1. The van der Waals surface area contributed by atoms with E-state index in [4.69, 9.17) is 0 Å². The van der Waals surface area contributed by atoms with Crippen molar-refractivity contribution in [3.8, 4) is 0 Å². The zero-order chi connectivity index (χ0) is 14.8. The summed E-state index contributed by atoms with van der Waals surface area (Å²) in [6.07, 6.45) is 3.29. The molecule has 2 heterocycles. The molecule has 2 aromatic rings. The minimum atomic E-state index is -0.461. The molecule has 0 saturated carbocycles. The number of urea groups is 1. The third kappa shape index (κ3) is 2.40. The first-order valence-electron chi connectivity index (χ1n) is 6.40. The van der Waals surface area contributed by atoms with Gasteiger partial charge in [-0.15, -0.1) is 0 Å². The van der Waals surface area contributed by atoms with Gasteiger partial charge in [0.25, 0.3) is 5.69 Å². The Hall–Kier alpha value is -2.96. The largest absolute Gasteiger partial charge is 0.329 e. The van der Waals surface area contributed by atoms with Gasteiger partial charge in [0.15, 0.2) is 0 Å². The summed E-state index contributed by atoms with van der Waals surface area (Å²) < 4.78 is 0. The normalized spacial score (nSPS) is 14.6. The van der Waals surface area contributed by atoms with E-state index in [1.54, 1.807) is 40.4 Å². The molecule has 106 valence electrons. The molecule has 1 aromatic heterocycles. The zero-order valence-electron chi connectivity index (χ0n) is 11.0. The third-order valence-electron chi connectivity index (χ3n) is 3.34. The van der Waals surface area contributed by atoms with Crippen LogP contribution in [0.15, 0.2) is 48.8 Å². The van der Waals surface area contributed by atoms with E-state index in [-0.39, 0.29) is 11.7 Å². The van der Waals surface area contributed by atoms with E-state index in [0.29, 0.717) is 18.8 Å². The summed E-state index contributed by atoms with van der Waals surface area (Å²) in [6.45, 7) is 1.09. The number of amides is 2.